The number of carbonyl (C=O) groups is 1. The molecular formula is C14H20N2O2. The number of rotatable bonds is 4. The van der Waals surface area contributed by atoms with Crippen molar-refractivity contribution in [1.82, 2.24) is 0 Å². The molecule has 1 atom stereocenters. The summed E-state index contributed by atoms with van der Waals surface area (Å²) in [5.41, 5.74) is 8.26. The summed E-state index contributed by atoms with van der Waals surface area (Å²) in [7, 11) is 0. The molecule has 98 valence electrons. The SMILES string of the molecule is CCOC(=O)c1ccc(NC2CC2(C)C)c(N)c1. The van der Waals surface area contributed by atoms with Crippen molar-refractivity contribution in [2.24, 2.45) is 5.41 Å². The molecule has 4 nitrogen and oxygen atoms in total. The Morgan fingerprint density at radius 1 is 1.56 bits per heavy atom. The van der Waals surface area contributed by atoms with E-state index in [1.807, 2.05) is 6.07 Å². The average Bonchev–Trinajstić information content (AvgIpc) is 2.89. The molecule has 2 rings (SSSR count). The summed E-state index contributed by atoms with van der Waals surface area (Å²) in [5, 5.41) is 3.40. The fraction of sp³-hybridized carbons (Fsp3) is 0.500. The number of hydrogen-bond acceptors (Lipinski definition) is 4. The van der Waals surface area contributed by atoms with Crippen molar-refractivity contribution in [1.29, 1.82) is 0 Å². The Hall–Kier alpha value is -1.71. The van der Waals surface area contributed by atoms with Crippen molar-refractivity contribution in [3.05, 3.63) is 23.8 Å². The second-order valence-corrected chi connectivity index (χ2v) is 5.41. The molecule has 0 spiro atoms. The molecule has 0 radical (unpaired) electrons. The van der Waals surface area contributed by atoms with Gasteiger partial charge in [0.2, 0.25) is 0 Å². The normalized spacial score (nSPS) is 20.3. The van der Waals surface area contributed by atoms with Gasteiger partial charge in [-0.15, -0.1) is 0 Å². The van der Waals surface area contributed by atoms with Crippen molar-refractivity contribution in [3.63, 3.8) is 0 Å². The van der Waals surface area contributed by atoms with E-state index >= 15 is 0 Å². The summed E-state index contributed by atoms with van der Waals surface area (Å²) in [6.07, 6.45) is 1.14. The molecule has 0 heterocycles. The monoisotopic (exact) mass is 248 g/mol. The minimum absolute atomic E-state index is 0.331. The van der Waals surface area contributed by atoms with Crippen LogP contribution in [0, 0.1) is 5.41 Å². The minimum Gasteiger partial charge on any atom is -0.462 e. The molecule has 1 fully saturated rings. The molecule has 1 aliphatic carbocycles. The van der Waals surface area contributed by atoms with Crippen molar-refractivity contribution in [3.8, 4) is 0 Å². The standard InChI is InChI=1S/C14H20N2O2/c1-4-18-13(17)9-5-6-11(10(15)7-9)16-12-8-14(12,2)3/h5-7,12,16H,4,8,15H2,1-3H3. The van der Waals surface area contributed by atoms with Gasteiger partial charge in [-0.25, -0.2) is 4.79 Å². The van der Waals surface area contributed by atoms with E-state index in [1.165, 1.54) is 0 Å². The van der Waals surface area contributed by atoms with Crippen LogP contribution in [0.2, 0.25) is 0 Å². The summed E-state index contributed by atoms with van der Waals surface area (Å²) in [6, 6.07) is 5.71. The third-order valence-corrected chi connectivity index (χ3v) is 3.41. The van der Waals surface area contributed by atoms with Crippen LogP contribution in [0.25, 0.3) is 0 Å². The molecular weight excluding hydrogens is 228 g/mol. The lowest BCUT2D eigenvalue weighted by atomic mass is 10.1. The molecule has 0 saturated heterocycles. The number of benzene rings is 1. The molecule has 1 aromatic rings. The van der Waals surface area contributed by atoms with Crippen LogP contribution in [0.5, 0.6) is 0 Å². The van der Waals surface area contributed by atoms with Crippen LogP contribution in [0.4, 0.5) is 11.4 Å². The Balaban J connectivity index is 2.08. The number of nitrogens with one attached hydrogen (secondary N) is 1. The Morgan fingerprint density at radius 3 is 2.72 bits per heavy atom. The van der Waals surface area contributed by atoms with Gasteiger partial charge >= 0.3 is 5.97 Å². The van der Waals surface area contributed by atoms with Gasteiger partial charge in [0.1, 0.15) is 0 Å². The van der Waals surface area contributed by atoms with Gasteiger partial charge in [-0.3, -0.25) is 0 Å². The summed E-state index contributed by atoms with van der Waals surface area (Å²) < 4.78 is 4.93. The molecule has 18 heavy (non-hydrogen) atoms. The van der Waals surface area contributed by atoms with Crippen LogP contribution in [0.15, 0.2) is 18.2 Å². The number of nitrogen functional groups attached to an aromatic ring is 1. The maximum absolute atomic E-state index is 11.5. The van der Waals surface area contributed by atoms with Crippen LogP contribution in [-0.2, 0) is 4.74 Å². The molecule has 1 unspecified atom stereocenters. The van der Waals surface area contributed by atoms with E-state index in [1.54, 1.807) is 19.1 Å². The van der Waals surface area contributed by atoms with Gasteiger partial charge in [0.25, 0.3) is 0 Å². The first-order valence-electron chi connectivity index (χ1n) is 6.27. The van der Waals surface area contributed by atoms with E-state index in [-0.39, 0.29) is 5.97 Å². The highest BCUT2D eigenvalue weighted by atomic mass is 16.5. The topological polar surface area (TPSA) is 64.3 Å². The first kappa shape index (κ1) is 12.7. The smallest absolute Gasteiger partial charge is 0.338 e. The maximum Gasteiger partial charge on any atom is 0.338 e. The Labute approximate surface area is 108 Å². The fourth-order valence-corrected chi connectivity index (χ4v) is 1.94. The maximum atomic E-state index is 11.5. The summed E-state index contributed by atoms with van der Waals surface area (Å²) >= 11 is 0. The number of nitrogens with two attached hydrogens (primary N) is 1. The summed E-state index contributed by atoms with van der Waals surface area (Å²) in [5.74, 6) is -0.331. The quantitative estimate of drug-likeness (QED) is 0.635. The minimum atomic E-state index is -0.331. The summed E-state index contributed by atoms with van der Waals surface area (Å²) in [6.45, 7) is 6.59. The van der Waals surface area contributed by atoms with Gasteiger partial charge in [-0.05, 0) is 37.0 Å². The molecule has 1 aliphatic rings. The van der Waals surface area contributed by atoms with E-state index in [0.29, 0.717) is 29.3 Å². The van der Waals surface area contributed by atoms with Gasteiger partial charge in [0, 0.05) is 6.04 Å². The van der Waals surface area contributed by atoms with Crippen molar-refractivity contribution in [2.45, 2.75) is 33.2 Å². The fourth-order valence-electron chi connectivity index (χ4n) is 1.94. The van der Waals surface area contributed by atoms with E-state index in [9.17, 15) is 4.79 Å². The van der Waals surface area contributed by atoms with Crippen LogP contribution in [0.3, 0.4) is 0 Å². The van der Waals surface area contributed by atoms with Gasteiger partial charge in [-0.2, -0.15) is 0 Å². The number of hydrogen-bond donors (Lipinski definition) is 2. The van der Waals surface area contributed by atoms with Gasteiger partial charge < -0.3 is 15.8 Å². The van der Waals surface area contributed by atoms with Crippen LogP contribution < -0.4 is 11.1 Å². The summed E-state index contributed by atoms with van der Waals surface area (Å²) in [4.78, 5) is 11.5. The van der Waals surface area contributed by atoms with Crippen LogP contribution in [-0.4, -0.2) is 18.6 Å². The second kappa shape index (κ2) is 4.52. The first-order chi connectivity index (χ1) is 8.44. The van der Waals surface area contributed by atoms with Crippen LogP contribution >= 0.6 is 0 Å². The lowest BCUT2D eigenvalue weighted by molar-refractivity contribution is 0.0526. The average molecular weight is 248 g/mol. The number of carbonyl (C=O) groups excluding carboxylic acids is 1. The molecule has 0 aliphatic heterocycles. The Bertz CT molecular complexity index is 469. The van der Waals surface area contributed by atoms with E-state index in [0.717, 1.165) is 12.1 Å². The molecule has 0 bridgehead atoms. The van der Waals surface area contributed by atoms with Crippen molar-refractivity contribution >= 4 is 17.3 Å². The van der Waals surface area contributed by atoms with Crippen molar-refractivity contribution < 1.29 is 9.53 Å². The third kappa shape index (κ3) is 2.58. The number of ether oxygens (including phenoxy) is 1. The van der Waals surface area contributed by atoms with Crippen molar-refractivity contribution in [2.75, 3.05) is 17.7 Å². The lowest BCUT2D eigenvalue weighted by Crippen LogP contribution is -2.11. The predicted molar refractivity (Wildman–Crippen MR) is 72.6 cm³/mol. The highest BCUT2D eigenvalue weighted by Crippen LogP contribution is 2.47. The second-order valence-electron chi connectivity index (χ2n) is 5.41. The predicted octanol–water partition coefficient (Wildman–Crippen LogP) is 2.66. The largest absolute Gasteiger partial charge is 0.462 e. The third-order valence-electron chi connectivity index (χ3n) is 3.41. The Morgan fingerprint density at radius 2 is 2.22 bits per heavy atom. The molecule has 0 amide bonds. The lowest BCUT2D eigenvalue weighted by Gasteiger charge is -2.12. The molecule has 3 N–H and O–H groups in total. The van der Waals surface area contributed by atoms with E-state index in [4.69, 9.17) is 10.5 Å². The number of esters is 1. The molecule has 1 aromatic carbocycles. The highest BCUT2D eigenvalue weighted by molar-refractivity contribution is 5.92. The Kier molecular flexibility index (Phi) is 3.20. The van der Waals surface area contributed by atoms with Gasteiger partial charge in [0.15, 0.2) is 0 Å². The van der Waals surface area contributed by atoms with Gasteiger partial charge in [0.05, 0.1) is 23.5 Å². The first-order valence-corrected chi connectivity index (χ1v) is 6.27. The van der Waals surface area contributed by atoms with Crippen LogP contribution in [0.1, 0.15) is 37.6 Å². The zero-order valence-electron chi connectivity index (χ0n) is 11.1. The molecule has 0 aromatic heterocycles. The zero-order chi connectivity index (χ0) is 13.3. The van der Waals surface area contributed by atoms with Gasteiger partial charge in [-0.1, -0.05) is 13.8 Å². The molecule has 4 heteroatoms. The number of anilines is 2. The molecule has 1 saturated carbocycles. The van der Waals surface area contributed by atoms with E-state index in [2.05, 4.69) is 19.2 Å². The highest BCUT2D eigenvalue weighted by Gasteiger charge is 2.45. The zero-order valence-corrected chi connectivity index (χ0v) is 11.1. The van der Waals surface area contributed by atoms with E-state index < -0.39 is 0 Å².